The molecule has 1 saturated heterocycles. The summed E-state index contributed by atoms with van der Waals surface area (Å²) < 4.78 is 5.77. The quantitative estimate of drug-likeness (QED) is 0.829. The van der Waals surface area contributed by atoms with Gasteiger partial charge in [0, 0.05) is 24.7 Å². The second kappa shape index (κ2) is 4.94. The van der Waals surface area contributed by atoms with Gasteiger partial charge in [-0.25, -0.2) is 4.79 Å². The Kier molecular flexibility index (Phi) is 3.28. The van der Waals surface area contributed by atoms with Gasteiger partial charge in [-0.05, 0) is 24.9 Å². The van der Waals surface area contributed by atoms with Crippen LogP contribution in [0.15, 0.2) is 6.20 Å². The summed E-state index contributed by atoms with van der Waals surface area (Å²) in [5.41, 5.74) is 2.32. The van der Waals surface area contributed by atoms with Crippen LogP contribution in [-0.2, 0) is 22.4 Å². The molecule has 1 aromatic rings. The molecule has 0 radical (unpaired) electrons. The summed E-state index contributed by atoms with van der Waals surface area (Å²) in [6, 6.07) is 0.278. The molecule has 1 aliphatic heterocycles. The molecule has 3 unspecified atom stereocenters. The maximum Gasteiger partial charge on any atom is 0.334 e. The summed E-state index contributed by atoms with van der Waals surface area (Å²) in [6.45, 7) is 3.52. The molecular formula is C13H19N3O3. The molecule has 3 atom stereocenters. The van der Waals surface area contributed by atoms with Crippen molar-refractivity contribution in [3.8, 4) is 0 Å². The molecule has 6 nitrogen and oxygen atoms in total. The van der Waals surface area contributed by atoms with E-state index in [-0.39, 0.29) is 12.1 Å². The fourth-order valence-corrected chi connectivity index (χ4v) is 3.17. The van der Waals surface area contributed by atoms with Crippen LogP contribution in [0.4, 0.5) is 0 Å². The first-order valence-electron chi connectivity index (χ1n) is 6.82. The van der Waals surface area contributed by atoms with Crippen molar-refractivity contribution in [2.45, 2.75) is 44.4 Å². The molecule has 2 heterocycles. The Morgan fingerprint density at radius 3 is 3.21 bits per heavy atom. The highest BCUT2D eigenvalue weighted by molar-refractivity contribution is 5.72. The SMILES string of the molecule is CCCN1CC(C(=O)O)OC2Cc3[nH]ncc3CC21. The number of morpholine rings is 1. The normalized spacial score (nSPS) is 30.7. The minimum Gasteiger partial charge on any atom is -0.479 e. The number of rotatable bonds is 3. The molecule has 1 aliphatic carbocycles. The van der Waals surface area contributed by atoms with Crippen LogP contribution in [-0.4, -0.2) is 57.5 Å². The number of hydrogen-bond donors (Lipinski definition) is 2. The molecule has 0 aromatic carbocycles. The van der Waals surface area contributed by atoms with E-state index in [1.54, 1.807) is 0 Å². The number of carboxylic acid groups (broad SMARTS) is 1. The van der Waals surface area contributed by atoms with Gasteiger partial charge in [0.05, 0.1) is 12.3 Å². The first kappa shape index (κ1) is 12.6. The highest BCUT2D eigenvalue weighted by Gasteiger charge is 2.42. The van der Waals surface area contributed by atoms with Crippen molar-refractivity contribution in [1.29, 1.82) is 0 Å². The van der Waals surface area contributed by atoms with Crippen LogP contribution in [0.2, 0.25) is 0 Å². The standard InChI is InChI=1S/C13H19N3O3/c1-2-3-16-7-12(13(17)18)19-11-5-9-8(4-10(11)16)6-14-15-9/h6,10-12H,2-5,7H2,1H3,(H,14,15)(H,17,18). The zero-order chi connectivity index (χ0) is 13.4. The molecule has 1 fully saturated rings. The molecule has 104 valence electrons. The molecule has 2 aliphatic rings. The van der Waals surface area contributed by atoms with E-state index < -0.39 is 12.1 Å². The number of fused-ring (bicyclic) bond motifs is 2. The van der Waals surface area contributed by atoms with Crippen molar-refractivity contribution in [3.63, 3.8) is 0 Å². The van der Waals surface area contributed by atoms with E-state index in [1.165, 1.54) is 5.56 Å². The number of aliphatic carboxylic acids is 1. The maximum atomic E-state index is 11.2. The number of carbonyl (C=O) groups is 1. The Labute approximate surface area is 111 Å². The summed E-state index contributed by atoms with van der Waals surface area (Å²) in [5, 5.41) is 16.3. The third-order valence-corrected chi connectivity index (χ3v) is 4.07. The summed E-state index contributed by atoms with van der Waals surface area (Å²) in [5.74, 6) is -0.866. The van der Waals surface area contributed by atoms with E-state index in [9.17, 15) is 9.90 Å². The molecule has 1 aromatic heterocycles. The van der Waals surface area contributed by atoms with Gasteiger partial charge in [0.2, 0.25) is 0 Å². The van der Waals surface area contributed by atoms with Gasteiger partial charge in [0.15, 0.2) is 6.10 Å². The van der Waals surface area contributed by atoms with Crippen LogP contribution in [0.1, 0.15) is 24.6 Å². The van der Waals surface area contributed by atoms with E-state index in [4.69, 9.17) is 4.74 Å². The smallest absolute Gasteiger partial charge is 0.334 e. The van der Waals surface area contributed by atoms with E-state index in [0.717, 1.165) is 31.5 Å². The molecule has 6 heteroatoms. The van der Waals surface area contributed by atoms with Gasteiger partial charge >= 0.3 is 5.97 Å². The maximum absolute atomic E-state index is 11.2. The minimum absolute atomic E-state index is 0.0469. The van der Waals surface area contributed by atoms with Gasteiger partial charge in [-0.15, -0.1) is 0 Å². The van der Waals surface area contributed by atoms with Crippen molar-refractivity contribution < 1.29 is 14.6 Å². The van der Waals surface area contributed by atoms with Gasteiger partial charge < -0.3 is 9.84 Å². The highest BCUT2D eigenvalue weighted by atomic mass is 16.5. The predicted octanol–water partition coefficient (Wildman–Crippen LogP) is 0.441. The first-order valence-corrected chi connectivity index (χ1v) is 6.82. The molecule has 0 saturated carbocycles. The van der Waals surface area contributed by atoms with E-state index in [2.05, 4.69) is 22.0 Å². The van der Waals surface area contributed by atoms with E-state index in [0.29, 0.717) is 6.54 Å². The van der Waals surface area contributed by atoms with Crippen LogP contribution < -0.4 is 0 Å². The van der Waals surface area contributed by atoms with Crippen LogP contribution in [0.25, 0.3) is 0 Å². The van der Waals surface area contributed by atoms with Crippen molar-refractivity contribution in [2.75, 3.05) is 13.1 Å². The lowest BCUT2D eigenvalue weighted by atomic mass is 9.88. The average Bonchev–Trinajstić information content (AvgIpc) is 2.83. The number of nitrogens with one attached hydrogen (secondary N) is 1. The van der Waals surface area contributed by atoms with Crippen LogP contribution in [0, 0.1) is 0 Å². The third kappa shape index (κ3) is 2.26. The van der Waals surface area contributed by atoms with Crippen LogP contribution in [0.3, 0.4) is 0 Å². The number of carboxylic acids is 1. The Bertz CT molecular complexity index is 473. The van der Waals surface area contributed by atoms with Gasteiger partial charge in [-0.3, -0.25) is 10.00 Å². The van der Waals surface area contributed by atoms with Crippen LogP contribution in [0.5, 0.6) is 0 Å². The second-order valence-electron chi connectivity index (χ2n) is 5.35. The fourth-order valence-electron chi connectivity index (χ4n) is 3.17. The number of H-pyrrole nitrogens is 1. The van der Waals surface area contributed by atoms with Crippen molar-refractivity contribution in [2.24, 2.45) is 0 Å². The number of ether oxygens (including phenoxy) is 1. The zero-order valence-corrected chi connectivity index (χ0v) is 11.0. The Morgan fingerprint density at radius 2 is 2.47 bits per heavy atom. The molecule has 0 bridgehead atoms. The lowest BCUT2D eigenvalue weighted by molar-refractivity contribution is -0.172. The van der Waals surface area contributed by atoms with E-state index in [1.807, 2.05) is 6.20 Å². The lowest BCUT2D eigenvalue weighted by Crippen LogP contribution is -2.59. The summed E-state index contributed by atoms with van der Waals surface area (Å²) in [6.07, 6.45) is 3.76. The molecule has 3 rings (SSSR count). The van der Waals surface area contributed by atoms with Gasteiger partial charge in [-0.1, -0.05) is 6.92 Å². The monoisotopic (exact) mass is 265 g/mol. The third-order valence-electron chi connectivity index (χ3n) is 4.07. The topological polar surface area (TPSA) is 78.5 Å². The average molecular weight is 265 g/mol. The Hall–Kier alpha value is -1.40. The highest BCUT2D eigenvalue weighted by Crippen LogP contribution is 2.30. The van der Waals surface area contributed by atoms with Gasteiger partial charge in [0.25, 0.3) is 0 Å². The van der Waals surface area contributed by atoms with Gasteiger partial charge in [0.1, 0.15) is 0 Å². The fraction of sp³-hybridized carbons (Fsp3) is 0.692. The van der Waals surface area contributed by atoms with Gasteiger partial charge in [-0.2, -0.15) is 5.10 Å². The molecule has 2 N–H and O–H groups in total. The number of aromatic nitrogens is 2. The zero-order valence-electron chi connectivity index (χ0n) is 11.0. The molecule has 0 spiro atoms. The Balaban J connectivity index is 1.84. The minimum atomic E-state index is -0.866. The summed E-state index contributed by atoms with van der Waals surface area (Å²) >= 11 is 0. The largest absolute Gasteiger partial charge is 0.479 e. The predicted molar refractivity (Wildman–Crippen MR) is 67.9 cm³/mol. The van der Waals surface area contributed by atoms with Crippen molar-refractivity contribution in [1.82, 2.24) is 15.1 Å². The van der Waals surface area contributed by atoms with Crippen molar-refractivity contribution >= 4 is 5.97 Å². The number of hydrogen-bond acceptors (Lipinski definition) is 4. The summed E-state index contributed by atoms with van der Waals surface area (Å²) in [4.78, 5) is 13.5. The molecule has 19 heavy (non-hydrogen) atoms. The first-order chi connectivity index (χ1) is 9.19. The Morgan fingerprint density at radius 1 is 1.63 bits per heavy atom. The second-order valence-corrected chi connectivity index (χ2v) is 5.35. The lowest BCUT2D eigenvalue weighted by Gasteiger charge is -2.45. The molecular weight excluding hydrogens is 246 g/mol. The number of aromatic amines is 1. The molecule has 0 amide bonds. The summed E-state index contributed by atoms with van der Waals surface area (Å²) in [7, 11) is 0. The van der Waals surface area contributed by atoms with Crippen molar-refractivity contribution in [3.05, 3.63) is 17.5 Å². The van der Waals surface area contributed by atoms with E-state index >= 15 is 0 Å². The van der Waals surface area contributed by atoms with Crippen LogP contribution >= 0.6 is 0 Å². The number of nitrogens with zero attached hydrogens (tertiary/aromatic N) is 2.